The summed E-state index contributed by atoms with van der Waals surface area (Å²) in [6.07, 6.45) is 9.11. The van der Waals surface area contributed by atoms with E-state index in [9.17, 15) is 13.2 Å². The third-order valence-electron chi connectivity index (χ3n) is 6.90. The van der Waals surface area contributed by atoms with Gasteiger partial charge >= 0.3 is 6.61 Å². The van der Waals surface area contributed by atoms with Crippen LogP contribution < -0.4 is 4.74 Å². The largest absolute Gasteiger partial charge is 0.432 e. The predicted octanol–water partition coefficient (Wildman–Crippen LogP) is 7.29. The van der Waals surface area contributed by atoms with Crippen molar-refractivity contribution in [3.8, 4) is 5.75 Å². The van der Waals surface area contributed by atoms with Crippen LogP contribution in [0.5, 0.6) is 5.75 Å². The molecular formula is C23H27F3O. The first-order valence-corrected chi connectivity index (χ1v) is 10.2. The molecule has 0 heterocycles. The van der Waals surface area contributed by atoms with E-state index >= 15 is 0 Å². The zero-order valence-electron chi connectivity index (χ0n) is 15.8. The molecule has 4 atom stereocenters. The van der Waals surface area contributed by atoms with Crippen LogP contribution in [0.2, 0.25) is 0 Å². The lowest BCUT2D eigenvalue weighted by Crippen LogP contribution is -2.30. The maximum atomic E-state index is 14.1. The molecule has 0 saturated heterocycles. The lowest BCUT2D eigenvalue weighted by molar-refractivity contribution is -0.0520. The molecular weight excluding hydrogens is 349 g/mol. The number of benzene rings is 2. The van der Waals surface area contributed by atoms with Crippen molar-refractivity contribution in [3.05, 3.63) is 41.7 Å². The van der Waals surface area contributed by atoms with Crippen molar-refractivity contribution < 1.29 is 17.9 Å². The van der Waals surface area contributed by atoms with Gasteiger partial charge in [-0.25, -0.2) is 4.39 Å². The highest BCUT2D eigenvalue weighted by Gasteiger charge is 2.35. The Bertz CT molecular complexity index is 804. The fourth-order valence-electron chi connectivity index (χ4n) is 5.37. The van der Waals surface area contributed by atoms with Gasteiger partial charge in [-0.1, -0.05) is 38.0 Å². The van der Waals surface area contributed by atoms with E-state index in [0.717, 1.165) is 28.5 Å². The lowest BCUT2D eigenvalue weighted by Gasteiger charge is -2.42. The zero-order chi connectivity index (χ0) is 19.0. The van der Waals surface area contributed by atoms with Crippen molar-refractivity contribution in [3.63, 3.8) is 0 Å². The zero-order valence-corrected chi connectivity index (χ0v) is 15.8. The topological polar surface area (TPSA) is 9.23 Å². The molecule has 0 spiro atoms. The normalized spacial score (nSPS) is 28.3. The molecule has 2 aromatic rings. The van der Waals surface area contributed by atoms with E-state index in [4.69, 9.17) is 0 Å². The van der Waals surface area contributed by atoms with Crippen LogP contribution in [-0.2, 0) is 0 Å². The van der Waals surface area contributed by atoms with Crippen LogP contribution >= 0.6 is 0 Å². The quantitative estimate of drug-likeness (QED) is 0.544. The molecule has 146 valence electrons. The second-order valence-corrected chi connectivity index (χ2v) is 8.39. The maximum Gasteiger partial charge on any atom is 0.387 e. The number of hydrogen-bond acceptors (Lipinski definition) is 1. The van der Waals surface area contributed by atoms with Gasteiger partial charge in [-0.15, -0.1) is 0 Å². The van der Waals surface area contributed by atoms with Crippen LogP contribution in [0.4, 0.5) is 13.2 Å². The van der Waals surface area contributed by atoms with Gasteiger partial charge in [0.1, 0.15) is 0 Å². The highest BCUT2D eigenvalue weighted by Crippen LogP contribution is 2.48. The van der Waals surface area contributed by atoms with Crippen LogP contribution in [0.1, 0.15) is 63.4 Å². The van der Waals surface area contributed by atoms with Gasteiger partial charge in [0.15, 0.2) is 11.6 Å². The first-order valence-electron chi connectivity index (χ1n) is 10.2. The van der Waals surface area contributed by atoms with Crippen LogP contribution in [0.25, 0.3) is 10.8 Å². The summed E-state index contributed by atoms with van der Waals surface area (Å²) in [5.41, 5.74) is 1.25. The van der Waals surface area contributed by atoms with Gasteiger partial charge in [0, 0.05) is 0 Å². The molecule has 4 rings (SSSR count). The average molecular weight is 376 g/mol. The highest BCUT2D eigenvalue weighted by molar-refractivity contribution is 5.84. The summed E-state index contributed by atoms with van der Waals surface area (Å²) >= 11 is 0. The standard InChI is InChI=1S/C23H27F3O/c1-2-14-3-4-16-10-17(6-5-15(16)9-14)18-7-8-19-13-22(27-23(25)26)21(24)12-20(19)11-18/h7-8,11-17,23H,2-6,9-10H2,1H3. The van der Waals surface area contributed by atoms with Crippen LogP contribution in [0.3, 0.4) is 0 Å². The summed E-state index contributed by atoms with van der Waals surface area (Å²) < 4.78 is 43.2. The van der Waals surface area contributed by atoms with Gasteiger partial charge in [-0.3, -0.25) is 0 Å². The fraction of sp³-hybridized carbons (Fsp3) is 0.565. The Hall–Kier alpha value is -1.71. The second kappa shape index (κ2) is 7.73. The molecule has 4 unspecified atom stereocenters. The summed E-state index contributed by atoms with van der Waals surface area (Å²) in [5.74, 6) is 2.01. The number of hydrogen-bond donors (Lipinski definition) is 0. The monoisotopic (exact) mass is 376 g/mol. The third kappa shape index (κ3) is 3.95. The van der Waals surface area contributed by atoms with E-state index in [1.165, 1.54) is 62.6 Å². The molecule has 0 N–H and O–H groups in total. The van der Waals surface area contributed by atoms with Crippen molar-refractivity contribution in [2.75, 3.05) is 0 Å². The van der Waals surface area contributed by atoms with Crippen molar-refractivity contribution in [1.29, 1.82) is 0 Å². The molecule has 2 saturated carbocycles. The minimum absolute atomic E-state index is 0.390. The molecule has 0 aromatic heterocycles. The molecule has 2 aliphatic carbocycles. The van der Waals surface area contributed by atoms with Gasteiger partial charge in [0.05, 0.1) is 0 Å². The van der Waals surface area contributed by atoms with E-state index in [2.05, 4.69) is 17.7 Å². The van der Waals surface area contributed by atoms with E-state index in [-0.39, 0.29) is 0 Å². The van der Waals surface area contributed by atoms with Crippen molar-refractivity contribution in [2.24, 2.45) is 17.8 Å². The molecule has 0 bridgehead atoms. The number of ether oxygens (including phenoxy) is 1. The Balaban J connectivity index is 1.52. The van der Waals surface area contributed by atoms with Gasteiger partial charge < -0.3 is 4.74 Å². The van der Waals surface area contributed by atoms with E-state index < -0.39 is 18.2 Å². The first-order chi connectivity index (χ1) is 13.0. The predicted molar refractivity (Wildman–Crippen MR) is 102 cm³/mol. The molecule has 2 fully saturated rings. The molecule has 4 heteroatoms. The highest BCUT2D eigenvalue weighted by atomic mass is 19.3. The van der Waals surface area contributed by atoms with E-state index in [1.807, 2.05) is 12.1 Å². The van der Waals surface area contributed by atoms with Crippen LogP contribution in [-0.4, -0.2) is 6.61 Å². The minimum atomic E-state index is -3.02. The molecule has 2 aliphatic rings. The number of rotatable bonds is 4. The summed E-state index contributed by atoms with van der Waals surface area (Å²) in [6, 6.07) is 8.70. The van der Waals surface area contributed by atoms with Gasteiger partial charge in [-0.05, 0) is 84.2 Å². The second-order valence-electron chi connectivity index (χ2n) is 8.39. The van der Waals surface area contributed by atoms with E-state index in [0.29, 0.717) is 5.92 Å². The Morgan fingerprint density at radius 2 is 1.74 bits per heavy atom. The Labute approximate surface area is 158 Å². The number of halogens is 3. The molecule has 2 aromatic carbocycles. The van der Waals surface area contributed by atoms with Gasteiger partial charge in [0.2, 0.25) is 0 Å². The summed E-state index contributed by atoms with van der Waals surface area (Å²) in [7, 11) is 0. The number of fused-ring (bicyclic) bond motifs is 2. The average Bonchev–Trinajstić information content (AvgIpc) is 2.67. The molecule has 0 amide bonds. The summed E-state index contributed by atoms with van der Waals surface area (Å²) in [6.45, 7) is -0.711. The molecule has 0 radical (unpaired) electrons. The molecule has 1 nitrogen and oxygen atoms in total. The summed E-state index contributed by atoms with van der Waals surface area (Å²) in [4.78, 5) is 0. The van der Waals surface area contributed by atoms with Gasteiger partial charge in [-0.2, -0.15) is 8.78 Å². The number of alkyl halides is 2. The van der Waals surface area contributed by atoms with Crippen molar-refractivity contribution in [2.45, 2.75) is 64.4 Å². The first kappa shape index (κ1) is 18.6. The van der Waals surface area contributed by atoms with Crippen LogP contribution in [0, 0.1) is 23.6 Å². The molecule has 0 aliphatic heterocycles. The third-order valence-corrected chi connectivity index (χ3v) is 6.90. The van der Waals surface area contributed by atoms with Crippen LogP contribution in [0.15, 0.2) is 30.3 Å². The smallest absolute Gasteiger partial charge is 0.387 e. The van der Waals surface area contributed by atoms with E-state index in [1.54, 1.807) is 0 Å². The van der Waals surface area contributed by atoms with Crippen molar-refractivity contribution >= 4 is 10.8 Å². The Morgan fingerprint density at radius 1 is 0.963 bits per heavy atom. The Morgan fingerprint density at radius 3 is 2.52 bits per heavy atom. The van der Waals surface area contributed by atoms with Gasteiger partial charge in [0.25, 0.3) is 0 Å². The Kier molecular flexibility index (Phi) is 5.34. The lowest BCUT2D eigenvalue weighted by atomic mass is 9.63. The summed E-state index contributed by atoms with van der Waals surface area (Å²) in [5, 5.41) is 1.48. The maximum absolute atomic E-state index is 14.1. The van der Waals surface area contributed by atoms with Crippen molar-refractivity contribution in [1.82, 2.24) is 0 Å². The molecule has 27 heavy (non-hydrogen) atoms. The minimum Gasteiger partial charge on any atom is -0.432 e. The SMILES string of the molecule is CCC1CCC2CC(c3ccc4cc(OC(F)F)c(F)cc4c3)CCC2C1. The fourth-order valence-corrected chi connectivity index (χ4v) is 5.37.